The van der Waals surface area contributed by atoms with Crippen LogP contribution in [0.1, 0.15) is 37.5 Å². The molecule has 0 bridgehead atoms. The summed E-state index contributed by atoms with van der Waals surface area (Å²) in [6.45, 7) is 7.27. The second kappa shape index (κ2) is 8.31. The van der Waals surface area contributed by atoms with E-state index >= 15 is 0 Å². The average Bonchev–Trinajstić information content (AvgIpc) is 2.66. The third-order valence-corrected chi connectivity index (χ3v) is 5.28. The first-order valence-corrected chi connectivity index (χ1v) is 9.89. The van der Waals surface area contributed by atoms with Crippen LogP contribution in [0.2, 0.25) is 0 Å². The molecule has 3 aromatic rings. The van der Waals surface area contributed by atoms with E-state index in [1.807, 2.05) is 0 Å². The third-order valence-electron chi connectivity index (χ3n) is 4.55. The number of hydrogen-bond acceptors (Lipinski definition) is 2. The summed E-state index contributed by atoms with van der Waals surface area (Å²) in [5, 5.41) is 0. The summed E-state index contributed by atoms with van der Waals surface area (Å²) in [4.78, 5) is 12.7. The first kappa shape index (κ1) is 20.3. The molecule has 0 spiro atoms. The molecule has 0 amide bonds. The molecule has 0 unspecified atom stereocenters. The van der Waals surface area contributed by atoms with Gasteiger partial charge in [0.15, 0.2) is 0 Å². The Bertz CT molecular complexity index is 1000. The number of aromatic nitrogens is 1. The maximum absolute atomic E-state index is 13.0. The quantitative estimate of drug-likeness (QED) is 0.508. The van der Waals surface area contributed by atoms with Crippen LogP contribution in [0.5, 0.6) is 5.75 Å². The molecular weight excluding hydrogens is 421 g/mol. The molecule has 0 atom stereocenters. The standard InChI is InChI=1S/C23H23BrFNO2/c1-23(2,3)18-8-4-16(5-9-18)14-26-13-12-20(21(24)22(26)27)28-15-17-6-10-19(25)11-7-17/h4-13H,14-15H2,1-3H3. The summed E-state index contributed by atoms with van der Waals surface area (Å²) >= 11 is 3.35. The van der Waals surface area contributed by atoms with Crippen LogP contribution in [0.25, 0.3) is 0 Å². The van der Waals surface area contributed by atoms with Gasteiger partial charge in [0.2, 0.25) is 0 Å². The lowest BCUT2D eigenvalue weighted by molar-refractivity contribution is 0.302. The van der Waals surface area contributed by atoms with Gasteiger partial charge in [0, 0.05) is 6.20 Å². The topological polar surface area (TPSA) is 31.2 Å². The van der Waals surface area contributed by atoms with Crippen molar-refractivity contribution >= 4 is 15.9 Å². The average molecular weight is 444 g/mol. The molecule has 0 saturated heterocycles. The van der Waals surface area contributed by atoms with Gasteiger partial charge >= 0.3 is 0 Å². The fraction of sp³-hybridized carbons (Fsp3) is 0.261. The summed E-state index contributed by atoms with van der Waals surface area (Å²) in [6, 6.07) is 16.2. The van der Waals surface area contributed by atoms with Gasteiger partial charge < -0.3 is 9.30 Å². The van der Waals surface area contributed by atoms with Crippen molar-refractivity contribution in [2.45, 2.75) is 39.3 Å². The van der Waals surface area contributed by atoms with E-state index in [0.29, 0.717) is 16.8 Å². The van der Waals surface area contributed by atoms with Gasteiger partial charge in [0.1, 0.15) is 22.6 Å². The second-order valence-electron chi connectivity index (χ2n) is 7.79. The Labute approximate surface area is 172 Å². The van der Waals surface area contributed by atoms with Crippen molar-refractivity contribution in [1.29, 1.82) is 0 Å². The normalized spacial score (nSPS) is 11.5. The van der Waals surface area contributed by atoms with Gasteiger partial charge in [-0.1, -0.05) is 57.2 Å². The number of rotatable bonds is 5. The predicted octanol–water partition coefficient (Wildman–Crippen LogP) is 5.67. The molecule has 0 aliphatic carbocycles. The molecule has 0 aliphatic heterocycles. The predicted molar refractivity (Wildman–Crippen MR) is 113 cm³/mol. The zero-order valence-electron chi connectivity index (χ0n) is 16.2. The van der Waals surface area contributed by atoms with Crippen LogP contribution in [-0.4, -0.2) is 4.57 Å². The molecule has 1 heterocycles. The summed E-state index contributed by atoms with van der Waals surface area (Å²) in [5.41, 5.74) is 3.09. The maximum atomic E-state index is 13.0. The lowest BCUT2D eigenvalue weighted by Gasteiger charge is -2.19. The van der Waals surface area contributed by atoms with Crippen molar-refractivity contribution in [1.82, 2.24) is 4.57 Å². The molecule has 28 heavy (non-hydrogen) atoms. The van der Waals surface area contributed by atoms with E-state index in [-0.39, 0.29) is 23.4 Å². The van der Waals surface area contributed by atoms with Crippen LogP contribution in [0.4, 0.5) is 4.39 Å². The Morgan fingerprint density at radius 3 is 2.18 bits per heavy atom. The van der Waals surface area contributed by atoms with E-state index in [0.717, 1.165) is 11.1 Å². The Hall–Kier alpha value is -2.40. The zero-order valence-corrected chi connectivity index (χ0v) is 17.8. The summed E-state index contributed by atoms with van der Waals surface area (Å²) in [6.07, 6.45) is 1.73. The summed E-state index contributed by atoms with van der Waals surface area (Å²) < 4.78 is 20.7. The highest BCUT2D eigenvalue weighted by Gasteiger charge is 2.13. The minimum absolute atomic E-state index is 0.0991. The molecule has 2 aromatic carbocycles. The lowest BCUT2D eigenvalue weighted by Crippen LogP contribution is -2.21. The summed E-state index contributed by atoms with van der Waals surface area (Å²) in [7, 11) is 0. The molecule has 0 aliphatic rings. The monoisotopic (exact) mass is 443 g/mol. The highest BCUT2D eigenvalue weighted by atomic mass is 79.9. The van der Waals surface area contributed by atoms with Crippen molar-refractivity contribution in [2.24, 2.45) is 0 Å². The van der Waals surface area contributed by atoms with Crippen molar-refractivity contribution in [2.75, 3.05) is 0 Å². The van der Waals surface area contributed by atoms with Crippen LogP contribution in [0.15, 0.2) is 70.1 Å². The van der Waals surface area contributed by atoms with Crippen molar-refractivity contribution in [3.05, 3.63) is 98.1 Å². The second-order valence-corrected chi connectivity index (χ2v) is 8.58. The third kappa shape index (κ3) is 4.90. The Kier molecular flexibility index (Phi) is 6.04. The van der Waals surface area contributed by atoms with Gasteiger partial charge in [0.05, 0.1) is 6.54 Å². The van der Waals surface area contributed by atoms with Gasteiger partial charge in [-0.25, -0.2) is 4.39 Å². The fourth-order valence-electron chi connectivity index (χ4n) is 2.81. The SMILES string of the molecule is CC(C)(C)c1ccc(Cn2ccc(OCc3ccc(F)cc3)c(Br)c2=O)cc1. The Morgan fingerprint density at radius 2 is 1.57 bits per heavy atom. The smallest absolute Gasteiger partial charge is 0.268 e. The fourth-order valence-corrected chi connectivity index (χ4v) is 3.29. The number of benzene rings is 2. The Morgan fingerprint density at radius 1 is 0.964 bits per heavy atom. The van der Waals surface area contributed by atoms with E-state index in [9.17, 15) is 9.18 Å². The number of ether oxygens (including phenoxy) is 1. The minimum atomic E-state index is -0.289. The molecule has 0 radical (unpaired) electrons. The van der Waals surface area contributed by atoms with E-state index in [1.165, 1.54) is 17.7 Å². The van der Waals surface area contributed by atoms with E-state index < -0.39 is 0 Å². The zero-order chi connectivity index (χ0) is 20.3. The molecule has 5 heteroatoms. The molecular formula is C23H23BrFNO2. The molecule has 3 rings (SSSR count). The van der Waals surface area contributed by atoms with Crippen LogP contribution in [0, 0.1) is 5.82 Å². The molecule has 146 valence electrons. The maximum Gasteiger partial charge on any atom is 0.268 e. The van der Waals surface area contributed by atoms with Crippen LogP contribution in [-0.2, 0) is 18.6 Å². The highest BCUT2D eigenvalue weighted by Crippen LogP contribution is 2.24. The van der Waals surface area contributed by atoms with E-state index in [1.54, 1.807) is 29.0 Å². The largest absolute Gasteiger partial charge is 0.487 e. The van der Waals surface area contributed by atoms with E-state index in [2.05, 4.69) is 61.0 Å². The minimum Gasteiger partial charge on any atom is -0.487 e. The molecule has 1 aromatic heterocycles. The summed E-state index contributed by atoms with van der Waals surface area (Å²) in [5.74, 6) is 0.178. The van der Waals surface area contributed by atoms with Crippen LogP contribution < -0.4 is 10.3 Å². The van der Waals surface area contributed by atoms with Gasteiger partial charge in [-0.15, -0.1) is 0 Å². The van der Waals surface area contributed by atoms with Crippen LogP contribution >= 0.6 is 15.9 Å². The van der Waals surface area contributed by atoms with Crippen LogP contribution in [0.3, 0.4) is 0 Å². The number of pyridine rings is 1. The number of nitrogens with zero attached hydrogens (tertiary/aromatic N) is 1. The first-order chi connectivity index (χ1) is 13.2. The van der Waals surface area contributed by atoms with Gasteiger partial charge in [-0.05, 0) is 56.2 Å². The molecule has 0 saturated carbocycles. The highest BCUT2D eigenvalue weighted by molar-refractivity contribution is 9.10. The van der Waals surface area contributed by atoms with Gasteiger partial charge in [-0.3, -0.25) is 4.79 Å². The number of halogens is 2. The van der Waals surface area contributed by atoms with Crippen molar-refractivity contribution < 1.29 is 9.13 Å². The first-order valence-electron chi connectivity index (χ1n) is 9.09. The Balaban J connectivity index is 1.72. The number of hydrogen-bond donors (Lipinski definition) is 0. The van der Waals surface area contributed by atoms with Gasteiger partial charge in [-0.2, -0.15) is 0 Å². The van der Waals surface area contributed by atoms with Gasteiger partial charge in [0.25, 0.3) is 5.56 Å². The molecule has 0 N–H and O–H groups in total. The molecule has 0 fully saturated rings. The van der Waals surface area contributed by atoms with Crippen molar-refractivity contribution in [3.8, 4) is 5.75 Å². The van der Waals surface area contributed by atoms with Crippen molar-refractivity contribution in [3.63, 3.8) is 0 Å². The molecule has 3 nitrogen and oxygen atoms in total. The van der Waals surface area contributed by atoms with E-state index in [4.69, 9.17) is 4.74 Å². The lowest BCUT2D eigenvalue weighted by atomic mass is 9.87.